The SMILES string of the molecule is COc1ccc(-n2c(SCC(=O)NN=Cc3ccc(O)cc3O)nnc2-c2ccc(C(C)(C)C)cc2)cc1. The largest absolute Gasteiger partial charge is 0.508 e. The summed E-state index contributed by atoms with van der Waals surface area (Å²) < 4.78 is 7.20. The monoisotopic (exact) mass is 531 g/mol. The van der Waals surface area contributed by atoms with Gasteiger partial charge in [0.15, 0.2) is 11.0 Å². The summed E-state index contributed by atoms with van der Waals surface area (Å²) in [5.74, 6) is 0.850. The minimum absolute atomic E-state index is 0.0278. The second-order valence-electron chi connectivity index (χ2n) is 9.49. The summed E-state index contributed by atoms with van der Waals surface area (Å²) in [6.45, 7) is 6.50. The number of hydrazone groups is 1. The lowest BCUT2D eigenvalue weighted by Gasteiger charge is -2.19. The predicted molar refractivity (Wildman–Crippen MR) is 148 cm³/mol. The molecule has 0 aliphatic rings. The van der Waals surface area contributed by atoms with Crippen LogP contribution in [0.4, 0.5) is 0 Å². The lowest BCUT2D eigenvalue weighted by atomic mass is 9.87. The molecule has 0 aliphatic heterocycles. The van der Waals surface area contributed by atoms with Gasteiger partial charge >= 0.3 is 0 Å². The van der Waals surface area contributed by atoms with E-state index < -0.39 is 0 Å². The van der Waals surface area contributed by atoms with Crippen LogP contribution in [0.1, 0.15) is 31.9 Å². The van der Waals surface area contributed by atoms with Gasteiger partial charge in [-0.15, -0.1) is 10.2 Å². The first-order valence-corrected chi connectivity index (χ1v) is 12.8. The molecule has 0 unspecified atom stereocenters. The second-order valence-corrected chi connectivity index (χ2v) is 10.4. The summed E-state index contributed by atoms with van der Waals surface area (Å²) in [5.41, 5.74) is 5.76. The Morgan fingerprint density at radius 1 is 1.05 bits per heavy atom. The number of nitrogens with zero attached hydrogens (tertiary/aromatic N) is 4. The van der Waals surface area contributed by atoms with Crippen LogP contribution < -0.4 is 10.2 Å². The Kier molecular flexibility index (Phi) is 8.02. The van der Waals surface area contributed by atoms with Crippen molar-refractivity contribution in [1.82, 2.24) is 20.2 Å². The van der Waals surface area contributed by atoms with Gasteiger partial charge in [0, 0.05) is 22.9 Å². The number of carbonyl (C=O) groups is 1. The first-order valence-electron chi connectivity index (χ1n) is 11.8. The first kappa shape index (κ1) is 26.7. The molecular formula is C28H29N5O4S. The maximum Gasteiger partial charge on any atom is 0.250 e. The van der Waals surface area contributed by atoms with E-state index in [1.165, 1.54) is 41.7 Å². The molecule has 4 aromatic rings. The number of rotatable bonds is 8. The molecule has 3 N–H and O–H groups in total. The summed E-state index contributed by atoms with van der Waals surface area (Å²) >= 11 is 1.22. The van der Waals surface area contributed by atoms with Crippen LogP contribution >= 0.6 is 11.8 Å². The fourth-order valence-corrected chi connectivity index (χ4v) is 4.36. The molecule has 196 valence electrons. The molecule has 10 heteroatoms. The number of hydrogen-bond acceptors (Lipinski definition) is 8. The van der Waals surface area contributed by atoms with E-state index in [-0.39, 0.29) is 28.6 Å². The number of amides is 1. The highest BCUT2D eigenvalue weighted by molar-refractivity contribution is 7.99. The highest BCUT2D eigenvalue weighted by atomic mass is 32.2. The first-order chi connectivity index (χ1) is 18.2. The van der Waals surface area contributed by atoms with Crippen molar-refractivity contribution in [3.05, 3.63) is 77.9 Å². The number of phenols is 2. The van der Waals surface area contributed by atoms with E-state index in [2.05, 4.69) is 53.6 Å². The number of nitrogens with one attached hydrogen (secondary N) is 1. The topological polar surface area (TPSA) is 122 Å². The molecule has 0 aliphatic carbocycles. The maximum atomic E-state index is 12.5. The third-order valence-electron chi connectivity index (χ3n) is 5.71. The number of thioether (sulfide) groups is 1. The van der Waals surface area contributed by atoms with Gasteiger partial charge in [0.05, 0.1) is 19.1 Å². The Balaban J connectivity index is 1.55. The van der Waals surface area contributed by atoms with E-state index in [9.17, 15) is 15.0 Å². The van der Waals surface area contributed by atoms with E-state index >= 15 is 0 Å². The molecule has 38 heavy (non-hydrogen) atoms. The normalized spacial score (nSPS) is 11.6. The van der Waals surface area contributed by atoms with Gasteiger partial charge in [0.1, 0.15) is 17.2 Å². The van der Waals surface area contributed by atoms with Crippen LogP contribution in [0, 0.1) is 0 Å². The second kappa shape index (κ2) is 11.4. The van der Waals surface area contributed by atoms with E-state index in [1.807, 2.05) is 41.0 Å². The predicted octanol–water partition coefficient (Wildman–Crippen LogP) is 4.89. The van der Waals surface area contributed by atoms with Gasteiger partial charge < -0.3 is 14.9 Å². The average Bonchev–Trinajstić information content (AvgIpc) is 3.32. The van der Waals surface area contributed by atoms with E-state index in [0.717, 1.165) is 17.0 Å². The zero-order valence-electron chi connectivity index (χ0n) is 21.5. The van der Waals surface area contributed by atoms with Crippen LogP contribution in [-0.2, 0) is 10.2 Å². The van der Waals surface area contributed by atoms with E-state index in [1.54, 1.807) is 7.11 Å². The number of carbonyl (C=O) groups excluding carboxylic acids is 1. The molecule has 0 bridgehead atoms. The molecule has 0 fully saturated rings. The fourth-order valence-electron chi connectivity index (χ4n) is 3.61. The molecule has 4 rings (SSSR count). The molecule has 1 heterocycles. The Bertz CT molecular complexity index is 1440. The highest BCUT2D eigenvalue weighted by Crippen LogP contribution is 2.31. The van der Waals surface area contributed by atoms with Crippen molar-refractivity contribution in [2.45, 2.75) is 31.3 Å². The number of methoxy groups -OCH3 is 1. The van der Waals surface area contributed by atoms with Crippen LogP contribution in [0.15, 0.2) is 77.0 Å². The molecular weight excluding hydrogens is 502 g/mol. The van der Waals surface area contributed by atoms with Crippen LogP contribution in [0.5, 0.6) is 17.2 Å². The summed E-state index contributed by atoms with van der Waals surface area (Å²) in [4.78, 5) is 12.5. The zero-order chi connectivity index (χ0) is 27.3. The third kappa shape index (κ3) is 6.33. The summed E-state index contributed by atoms with van der Waals surface area (Å²) in [5, 5.41) is 32.5. The van der Waals surface area contributed by atoms with Crippen molar-refractivity contribution in [2.24, 2.45) is 5.10 Å². The van der Waals surface area contributed by atoms with Gasteiger partial charge in [0.2, 0.25) is 0 Å². The van der Waals surface area contributed by atoms with Gasteiger partial charge in [-0.05, 0) is 47.4 Å². The van der Waals surface area contributed by atoms with Crippen LogP contribution in [-0.4, -0.2) is 50.0 Å². The quantitative estimate of drug-likeness (QED) is 0.168. The van der Waals surface area contributed by atoms with Crippen molar-refractivity contribution in [3.8, 4) is 34.3 Å². The lowest BCUT2D eigenvalue weighted by molar-refractivity contribution is -0.118. The third-order valence-corrected chi connectivity index (χ3v) is 6.64. The Morgan fingerprint density at radius 3 is 2.39 bits per heavy atom. The summed E-state index contributed by atoms with van der Waals surface area (Å²) in [6.07, 6.45) is 1.30. The Hall–Kier alpha value is -4.31. The zero-order valence-corrected chi connectivity index (χ0v) is 22.4. The standard InChI is InChI=1S/C28H29N5O4S/c1-28(2,3)20-8-5-18(6-9-20)26-31-32-27(33(26)21-10-13-23(37-4)14-11-21)38-17-25(36)30-29-16-19-7-12-22(34)15-24(19)35/h5-16,34-35H,17H2,1-4H3,(H,30,36). The fraction of sp³-hybridized carbons (Fsp3) is 0.214. The molecule has 9 nitrogen and oxygen atoms in total. The van der Waals surface area contributed by atoms with Crippen molar-refractivity contribution in [2.75, 3.05) is 12.9 Å². The van der Waals surface area contributed by atoms with E-state index in [4.69, 9.17) is 4.74 Å². The number of benzene rings is 3. The van der Waals surface area contributed by atoms with Gasteiger partial charge in [-0.1, -0.05) is 56.8 Å². The highest BCUT2D eigenvalue weighted by Gasteiger charge is 2.19. The van der Waals surface area contributed by atoms with Gasteiger partial charge in [0.25, 0.3) is 5.91 Å². The van der Waals surface area contributed by atoms with Gasteiger partial charge in [-0.3, -0.25) is 9.36 Å². The maximum absolute atomic E-state index is 12.5. The van der Waals surface area contributed by atoms with Gasteiger partial charge in [-0.25, -0.2) is 5.43 Å². The number of aromatic hydroxyl groups is 2. The minimum atomic E-state index is -0.357. The Labute approximate surface area is 225 Å². The van der Waals surface area contributed by atoms with Crippen molar-refractivity contribution in [3.63, 3.8) is 0 Å². The number of ether oxygens (including phenoxy) is 1. The Morgan fingerprint density at radius 2 is 1.76 bits per heavy atom. The molecule has 0 saturated heterocycles. The smallest absolute Gasteiger partial charge is 0.250 e. The minimum Gasteiger partial charge on any atom is -0.508 e. The van der Waals surface area contributed by atoms with Crippen molar-refractivity contribution >= 4 is 23.9 Å². The van der Waals surface area contributed by atoms with Crippen LogP contribution in [0.2, 0.25) is 0 Å². The number of aromatic nitrogens is 3. The van der Waals surface area contributed by atoms with Crippen LogP contribution in [0.25, 0.3) is 17.1 Å². The molecule has 1 aromatic heterocycles. The summed E-state index contributed by atoms with van der Waals surface area (Å²) in [6, 6.07) is 19.9. The van der Waals surface area contributed by atoms with Crippen molar-refractivity contribution in [1.29, 1.82) is 0 Å². The molecule has 0 saturated carbocycles. The average molecular weight is 532 g/mol. The van der Waals surface area contributed by atoms with Gasteiger partial charge in [-0.2, -0.15) is 5.10 Å². The van der Waals surface area contributed by atoms with E-state index in [0.29, 0.717) is 16.5 Å². The molecule has 0 radical (unpaired) electrons. The molecule has 3 aromatic carbocycles. The molecule has 0 spiro atoms. The lowest BCUT2D eigenvalue weighted by Crippen LogP contribution is -2.20. The van der Waals surface area contributed by atoms with Crippen LogP contribution in [0.3, 0.4) is 0 Å². The number of phenolic OH excluding ortho intramolecular Hbond substituents is 2. The van der Waals surface area contributed by atoms with Crippen molar-refractivity contribution < 1.29 is 19.7 Å². The summed E-state index contributed by atoms with van der Waals surface area (Å²) in [7, 11) is 1.61. The molecule has 1 amide bonds. The number of hydrogen-bond donors (Lipinski definition) is 3. The molecule has 0 atom stereocenters.